The van der Waals surface area contributed by atoms with Gasteiger partial charge < -0.3 is 21.2 Å². The highest BCUT2D eigenvalue weighted by Crippen LogP contribution is 2.23. The number of nitriles is 1. The van der Waals surface area contributed by atoms with Crippen molar-refractivity contribution in [2.24, 2.45) is 11.5 Å². The number of furan rings is 1. The van der Waals surface area contributed by atoms with E-state index in [0.717, 1.165) is 16.7 Å². The molecule has 1 heterocycles. The number of rotatable bonds is 3. The van der Waals surface area contributed by atoms with E-state index in [4.69, 9.17) is 21.1 Å². The third-order valence-corrected chi connectivity index (χ3v) is 2.55. The SMILES string of the molecule is Cc1cc2cc(N/C(N)=C(\C#N)C(N)=O)ccc2o1. The predicted molar refractivity (Wildman–Crippen MR) is 70.6 cm³/mol. The minimum absolute atomic E-state index is 0.0745. The summed E-state index contributed by atoms with van der Waals surface area (Å²) in [6, 6.07) is 8.84. The van der Waals surface area contributed by atoms with Gasteiger partial charge >= 0.3 is 0 Å². The maximum atomic E-state index is 11.0. The van der Waals surface area contributed by atoms with Crippen LogP contribution in [-0.4, -0.2) is 5.91 Å². The smallest absolute Gasteiger partial charge is 0.263 e. The van der Waals surface area contributed by atoms with Gasteiger partial charge in [0.1, 0.15) is 23.2 Å². The number of fused-ring (bicyclic) bond motifs is 1. The van der Waals surface area contributed by atoms with Crippen molar-refractivity contribution in [2.75, 3.05) is 5.32 Å². The monoisotopic (exact) mass is 256 g/mol. The molecular formula is C13H12N4O2. The second kappa shape index (κ2) is 4.74. The maximum Gasteiger partial charge on any atom is 0.263 e. The van der Waals surface area contributed by atoms with Crippen LogP contribution in [0.5, 0.6) is 0 Å². The molecule has 0 fully saturated rings. The van der Waals surface area contributed by atoms with Crippen molar-refractivity contribution in [1.29, 1.82) is 5.26 Å². The van der Waals surface area contributed by atoms with E-state index >= 15 is 0 Å². The fourth-order valence-corrected chi connectivity index (χ4v) is 1.72. The molecule has 0 aliphatic carbocycles. The standard InChI is InChI=1S/C13H12N4O2/c1-7-4-8-5-9(2-3-11(8)19-7)17-12(15)10(6-14)13(16)18/h2-5,17H,15H2,1H3,(H2,16,18)/b12-10+. The Kier molecular flexibility index (Phi) is 3.12. The van der Waals surface area contributed by atoms with Gasteiger partial charge in [-0.1, -0.05) is 0 Å². The van der Waals surface area contributed by atoms with Crippen molar-refractivity contribution in [2.45, 2.75) is 6.92 Å². The van der Waals surface area contributed by atoms with Crippen LogP contribution in [0.4, 0.5) is 5.69 Å². The lowest BCUT2D eigenvalue weighted by Crippen LogP contribution is -2.21. The molecule has 0 saturated carbocycles. The molecule has 0 spiro atoms. The van der Waals surface area contributed by atoms with Gasteiger partial charge in [0.15, 0.2) is 5.57 Å². The lowest BCUT2D eigenvalue weighted by Gasteiger charge is -2.07. The molecule has 1 aromatic carbocycles. The molecular weight excluding hydrogens is 244 g/mol. The van der Waals surface area contributed by atoms with Crippen LogP contribution in [0.2, 0.25) is 0 Å². The number of nitrogens with one attached hydrogen (secondary N) is 1. The number of anilines is 1. The molecule has 96 valence electrons. The molecule has 0 radical (unpaired) electrons. The Morgan fingerprint density at radius 3 is 2.74 bits per heavy atom. The zero-order valence-corrected chi connectivity index (χ0v) is 10.2. The lowest BCUT2D eigenvalue weighted by atomic mass is 10.2. The van der Waals surface area contributed by atoms with Gasteiger partial charge in [-0.05, 0) is 31.2 Å². The van der Waals surface area contributed by atoms with E-state index in [-0.39, 0.29) is 11.4 Å². The van der Waals surface area contributed by atoms with Crippen molar-refractivity contribution >= 4 is 22.6 Å². The first-order valence-corrected chi connectivity index (χ1v) is 5.48. The van der Waals surface area contributed by atoms with Crippen molar-refractivity contribution in [3.8, 4) is 6.07 Å². The molecule has 6 nitrogen and oxygen atoms in total. The Morgan fingerprint density at radius 2 is 2.11 bits per heavy atom. The number of amides is 1. The number of hydrogen-bond acceptors (Lipinski definition) is 5. The van der Waals surface area contributed by atoms with Crippen LogP contribution in [-0.2, 0) is 4.79 Å². The minimum Gasteiger partial charge on any atom is -0.461 e. The average Bonchev–Trinajstić information content (AvgIpc) is 2.68. The highest BCUT2D eigenvalue weighted by molar-refractivity contribution is 5.97. The van der Waals surface area contributed by atoms with Gasteiger partial charge in [-0.25, -0.2) is 0 Å². The molecule has 0 atom stereocenters. The molecule has 2 aromatic rings. The van der Waals surface area contributed by atoms with Gasteiger partial charge in [-0.3, -0.25) is 4.79 Å². The first-order valence-electron chi connectivity index (χ1n) is 5.48. The number of carbonyl (C=O) groups is 1. The Bertz CT molecular complexity index is 722. The van der Waals surface area contributed by atoms with E-state index < -0.39 is 5.91 Å². The molecule has 5 N–H and O–H groups in total. The summed E-state index contributed by atoms with van der Waals surface area (Å²) in [6.07, 6.45) is 0. The third-order valence-electron chi connectivity index (χ3n) is 2.55. The van der Waals surface area contributed by atoms with Crippen molar-refractivity contribution in [3.05, 3.63) is 41.4 Å². The van der Waals surface area contributed by atoms with E-state index in [0.29, 0.717) is 5.69 Å². The van der Waals surface area contributed by atoms with Crippen LogP contribution in [0.25, 0.3) is 11.0 Å². The summed E-state index contributed by atoms with van der Waals surface area (Å²) < 4.78 is 5.44. The molecule has 1 amide bonds. The summed E-state index contributed by atoms with van der Waals surface area (Å²) in [7, 11) is 0. The fourth-order valence-electron chi connectivity index (χ4n) is 1.72. The zero-order valence-electron chi connectivity index (χ0n) is 10.2. The van der Waals surface area contributed by atoms with Gasteiger partial charge in [0.2, 0.25) is 0 Å². The fraction of sp³-hybridized carbons (Fsp3) is 0.0769. The topological polar surface area (TPSA) is 118 Å². The van der Waals surface area contributed by atoms with Crippen LogP contribution < -0.4 is 16.8 Å². The average molecular weight is 256 g/mol. The van der Waals surface area contributed by atoms with E-state index in [1.165, 1.54) is 0 Å². The van der Waals surface area contributed by atoms with E-state index in [1.807, 2.05) is 13.0 Å². The summed E-state index contributed by atoms with van der Waals surface area (Å²) in [6.45, 7) is 1.85. The van der Waals surface area contributed by atoms with Crippen LogP contribution >= 0.6 is 0 Å². The quantitative estimate of drug-likeness (QED) is 0.565. The van der Waals surface area contributed by atoms with Crippen LogP contribution in [0.15, 0.2) is 40.1 Å². The third kappa shape index (κ3) is 2.50. The first kappa shape index (κ1) is 12.5. The summed E-state index contributed by atoms with van der Waals surface area (Å²) in [5.41, 5.74) is 11.8. The summed E-state index contributed by atoms with van der Waals surface area (Å²) in [5.74, 6) is -0.146. The van der Waals surface area contributed by atoms with Crippen LogP contribution in [0.1, 0.15) is 5.76 Å². The number of nitrogens with zero attached hydrogens (tertiary/aromatic N) is 1. The molecule has 19 heavy (non-hydrogen) atoms. The lowest BCUT2D eigenvalue weighted by molar-refractivity contribution is -0.114. The number of nitrogens with two attached hydrogens (primary N) is 2. The number of hydrogen-bond donors (Lipinski definition) is 3. The summed E-state index contributed by atoms with van der Waals surface area (Å²) in [4.78, 5) is 11.0. The normalized spacial score (nSPS) is 11.8. The molecule has 2 rings (SSSR count). The Morgan fingerprint density at radius 1 is 1.37 bits per heavy atom. The summed E-state index contributed by atoms with van der Waals surface area (Å²) in [5, 5.41) is 12.4. The molecule has 0 unspecified atom stereocenters. The molecule has 0 aliphatic rings. The van der Waals surface area contributed by atoms with Gasteiger partial charge in [0.05, 0.1) is 0 Å². The van der Waals surface area contributed by atoms with Crippen molar-refractivity contribution in [1.82, 2.24) is 0 Å². The number of aryl methyl sites for hydroxylation is 1. The number of carbonyl (C=O) groups excluding carboxylic acids is 1. The summed E-state index contributed by atoms with van der Waals surface area (Å²) >= 11 is 0. The number of primary amides is 1. The van der Waals surface area contributed by atoms with Crippen molar-refractivity contribution in [3.63, 3.8) is 0 Å². The van der Waals surface area contributed by atoms with Crippen LogP contribution in [0, 0.1) is 18.3 Å². The molecule has 0 aliphatic heterocycles. The van der Waals surface area contributed by atoms with E-state index in [1.54, 1.807) is 24.3 Å². The van der Waals surface area contributed by atoms with Gasteiger partial charge in [0, 0.05) is 11.1 Å². The highest BCUT2D eigenvalue weighted by Gasteiger charge is 2.10. The Balaban J connectivity index is 2.36. The Labute approximate surface area is 109 Å². The second-order valence-electron chi connectivity index (χ2n) is 4.00. The van der Waals surface area contributed by atoms with Gasteiger partial charge in [-0.2, -0.15) is 5.26 Å². The van der Waals surface area contributed by atoms with Gasteiger partial charge in [-0.15, -0.1) is 0 Å². The minimum atomic E-state index is -0.868. The molecule has 0 bridgehead atoms. The van der Waals surface area contributed by atoms with Crippen molar-refractivity contribution < 1.29 is 9.21 Å². The molecule has 1 aromatic heterocycles. The van der Waals surface area contributed by atoms with E-state index in [9.17, 15) is 4.79 Å². The Hall–Kier alpha value is -2.94. The second-order valence-corrected chi connectivity index (χ2v) is 4.00. The molecule has 0 saturated heterocycles. The first-order chi connectivity index (χ1) is 9.01. The van der Waals surface area contributed by atoms with Gasteiger partial charge in [0.25, 0.3) is 5.91 Å². The largest absolute Gasteiger partial charge is 0.461 e. The predicted octanol–water partition coefficient (Wildman–Crippen LogP) is 1.33. The molecule has 6 heteroatoms. The highest BCUT2D eigenvalue weighted by atomic mass is 16.3. The maximum absolute atomic E-state index is 11.0. The number of benzene rings is 1. The van der Waals surface area contributed by atoms with E-state index in [2.05, 4.69) is 5.32 Å². The van der Waals surface area contributed by atoms with Crippen LogP contribution in [0.3, 0.4) is 0 Å². The zero-order chi connectivity index (χ0) is 14.0.